The second-order valence-corrected chi connectivity index (χ2v) is 9.40. The van der Waals surface area contributed by atoms with Crippen molar-refractivity contribution < 1.29 is 39.4 Å². The summed E-state index contributed by atoms with van der Waals surface area (Å²) in [4.78, 5) is 0. The third-order valence-corrected chi connectivity index (χ3v) is 7.13. The molecule has 202 valence electrons. The molecule has 1 atom stereocenters. The van der Waals surface area contributed by atoms with Gasteiger partial charge in [0.1, 0.15) is 11.5 Å². The van der Waals surface area contributed by atoms with Crippen molar-refractivity contribution in [3.63, 3.8) is 0 Å². The molecule has 0 bridgehead atoms. The molecule has 39 heavy (non-hydrogen) atoms. The van der Waals surface area contributed by atoms with Crippen molar-refractivity contribution in [1.29, 1.82) is 0 Å². The maximum atomic E-state index is 11.2. The van der Waals surface area contributed by atoms with E-state index in [1.807, 2.05) is 42.5 Å². The number of ether oxygens (including phenoxy) is 4. The van der Waals surface area contributed by atoms with E-state index in [-0.39, 0.29) is 40.2 Å². The van der Waals surface area contributed by atoms with Crippen LogP contribution < -0.4 is 18.9 Å². The summed E-state index contributed by atoms with van der Waals surface area (Å²) in [5, 5.41) is 42.1. The SMILES string of the molecule is COc1ccc(CCc2cc(OC)c(O)c3c2C(Cc2ccc(O)cc2)c2cc(O)c(O)c(OC)c2O3)cc1. The molecule has 1 aliphatic heterocycles. The van der Waals surface area contributed by atoms with E-state index < -0.39 is 11.7 Å². The fourth-order valence-corrected chi connectivity index (χ4v) is 5.14. The molecule has 4 aromatic rings. The fraction of sp³-hybridized carbons (Fsp3) is 0.226. The number of phenols is 4. The van der Waals surface area contributed by atoms with Crippen LogP contribution in [0.2, 0.25) is 0 Å². The van der Waals surface area contributed by atoms with Gasteiger partial charge in [0.15, 0.2) is 23.0 Å². The molecule has 0 saturated heterocycles. The molecular weight excluding hydrogens is 500 g/mol. The van der Waals surface area contributed by atoms with E-state index in [1.165, 1.54) is 20.3 Å². The van der Waals surface area contributed by atoms with Gasteiger partial charge in [-0.1, -0.05) is 24.3 Å². The Morgan fingerprint density at radius 2 is 1.41 bits per heavy atom. The lowest BCUT2D eigenvalue weighted by Crippen LogP contribution is -2.17. The maximum absolute atomic E-state index is 11.2. The van der Waals surface area contributed by atoms with Crippen LogP contribution >= 0.6 is 0 Å². The molecule has 0 fully saturated rings. The van der Waals surface area contributed by atoms with E-state index in [2.05, 4.69) is 0 Å². The zero-order valence-electron chi connectivity index (χ0n) is 21.9. The van der Waals surface area contributed by atoms with Crippen molar-refractivity contribution in [2.24, 2.45) is 0 Å². The van der Waals surface area contributed by atoms with Gasteiger partial charge in [-0.15, -0.1) is 0 Å². The number of hydrogen-bond donors (Lipinski definition) is 4. The standard InChI is InChI=1S/C31H30O8/c1-36-21-12-7-17(8-13-21)4-9-19-15-25(37-2)28(35)30-26(19)22(14-18-5-10-20(32)11-6-18)23-16-24(33)27(34)31(38-3)29(23)39-30/h5-8,10-13,15-16,22,32-35H,4,9,14H2,1-3H3. The first kappa shape index (κ1) is 25.9. The van der Waals surface area contributed by atoms with Crippen molar-refractivity contribution >= 4 is 0 Å². The predicted molar refractivity (Wildman–Crippen MR) is 145 cm³/mol. The lowest BCUT2D eigenvalue weighted by Gasteiger charge is -2.32. The number of aromatic hydroxyl groups is 4. The molecule has 0 amide bonds. The van der Waals surface area contributed by atoms with Gasteiger partial charge in [-0.05, 0) is 72.4 Å². The molecule has 0 aliphatic carbocycles. The van der Waals surface area contributed by atoms with Gasteiger partial charge < -0.3 is 39.4 Å². The molecule has 0 aromatic heterocycles. The first-order valence-corrected chi connectivity index (χ1v) is 12.5. The highest BCUT2D eigenvalue weighted by Crippen LogP contribution is 2.59. The quantitative estimate of drug-likeness (QED) is 0.211. The lowest BCUT2D eigenvalue weighted by molar-refractivity contribution is 0.313. The van der Waals surface area contributed by atoms with Crippen molar-refractivity contribution in [2.75, 3.05) is 21.3 Å². The average molecular weight is 531 g/mol. The van der Waals surface area contributed by atoms with Crippen LogP contribution in [0.4, 0.5) is 0 Å². The van der Waals surface area contributed by atoms with Gasteiger partial charge >= 0.3 is 0 Å². The number of benzene rings is 4. The van der Waals surface area contributed by atoms with Gasteiger partial charge in [0.2, 0.25) is 17.2 Å². The first-order chi connectivity index (χ1) is 18.8. The van der Waals surface area contributed by atoms with E-state index in [9.17, 15) is 20.4 Å². The Bertz CT molecular complexity index is 1490. The van der Waals surface area contributed by atoms with Gasteiger partial charge in [-0.2, -0.15) is 0 Å². The number of rotatable bonds is 8. The van der Waals surface area contributed by atoms with Gasteiger partial charge in [-0.3, -0.25) is 0 Å². The largest absolute Gasteiger partial charge is 0.508 e. The summed E-state index contributed by atoms with van der Waals surface area (Å²) in [7, 11) is 4.47. The minimum absolute atomic E-state index is 0.0339. The maximum Gasteiger partial charge on any atom is 0.208 e. The number of hydrogen-bond acceptors (Lipinski definition) is 8. The normalized spacial score (nSPS) is 13.7. The van der Waals surface area contributed by atoms with Gasteiger partial charge in [0.05, 0.1) is 21.3 Å². The Morgan fingerprint density at radius 1 is 0.718 bits per heavy atom. The monoisotopic (exact) mass is 530 g/mol. The van der Waals surface area contributed by atoms with Gasteiger partial charge in [-0.25, -0.2) is 0 Å². The number of phenolic OH excluding ortho intramolecular Hbond substituents is 4. The summed E-state index contributed by atoms with van der Waals surface area (Å²) in [5.41, 5.74) is 4.26. The van der Waals surface area contributed by atoms with Crippen molar-refractivity contribution in [2.45, 2.75) is 25.2 Å². The second kappa shape index (κ2) is 10.6. The Labute approximate surface area is 226 Å². The van der Waals surface area contributed by atoms with Crippen LogP contribution in [0.25, 0.3) is 0 Å². The van der Waals surface area contributed by atoms with E-state index in [0.29, 0.717) is 24.8 Å². The van der Waals surface area contributed by atoms with Crippen LogP contribution in [-0.4, -0.2) is 41.8 Å². The topological polar surface area (TPSA) is 118 Å². The summed E-state index contributed by atoms with van der Waals surface area (Å²) < 4.78 is 22.4. The lowest BCUT2D eigenvalue weighted by atomic mass is 9.79. The summed E-state index contributed by atoms with van der Waals surface area (Å²) >= 11 is 0. The Kier molecular flexibility index (Phi) is 7.02. The minimum atomic E-state index is -0.454. The second-order valence-electron chi connectivity index (χ2n) is 9.40. The number of aryl methyl sites for hydroxylation is 2. The molecule has 4 N–H and O–H groups in total. The van der Waals surface area contributed by atoms with Crippen LogP contribution in [-0.2, 0) is 19.3 Å². The zero-order valence-corrected chi connectivity index (χ0v) is 21.9. The van der Waals surface area contributed by atoms with Crippen molar-refractivity contribution in [1.82, 2.24) is 0 Å². The summed E-state index contributed by atoms with van der Waals surface area (Å²) in [6.45, 7) is 0. The summed E-state index contributed by atoms with van der Waals surface area (Å²) in [6, 6.07) is 18.0. The van der Waals surface area contributed by atoms with Gasteiger partial charge in [0.25, 0.3) is 0 Å². The summed E-state index contributed by atoms with van der Waals surface area (Å²) in [6.07, 6.45) is 1.77. The van der Waals surface area contributed by atoms with E-state index in [0.717, 1.165) is 28.0 Å². The Hall–Kier alpha value is -4.72. The first-order valence-electron chi connectivity index (χ1n) is 12.5. The van der Waals surface area contributed by atoms with Crippen molar-refractivity contribution in [3.8, 4) is 51.7 Å². The third kappa shape index (κ3) is 4.81. The van der Waals surface area contributed by atoms with E-state index in [1.54, 1.807) is 19.2 Å². The molecule has 4 aromatic carbocycles. The molecule has 0 saturated carbocycles. The fourth-order valence-electron chi connectivity index (χ4n) is 5.14. The van der Waals surface area contributed by atoms with Crippen LogP contribution in [0.1, 0.15) is 33.7 Å². The molecule has 1 unspecified atom stereocenters. The molecule has 8 heteroatoms. The Morgan fingerprint density at radius 3 is 2.05 bits per heavy atom. The zero-order chi connectivity index (χ0) is 27.7. The average Bonchev–Trinajstić information content (AvgIpc) is 2.95. The molecule has 8 nitrogen and oxygen atoms in total. The highest BCUT2D eigenvalue weighted by Gasteiger charge is 2.37. The van der Waals surface area contributed by atoms with E-state index in [4.69, 9.17) is 18.9 Å². The smallest absolute Gasteiger partial charge is 0.208 e. The molecule has 0 spiro atoms. The highest BCUT2D eigenvalue weighted by molar-refractivity contribution is 5.71. The van der Waals surface area contributed by atoms with Crippen LogP contribution in [0, 0.1) is 0 Å². The molecule has 5 rings (SSSR count). The highest BCUT2D eigenvalue weighted by atomic mass is 16.5. The summed E-state index contributed by atoms with van der Waals surface area (Å²) in [5.74, 6) is 0.203. The number of methoxy groups -OCH3 is 3. The molecule has 0 radical (unpaired) electrons. The molecular formula is C31H30O8. The Balaban J connectivity index is 1.67. The van der Waals surface area contributed by atoms with Crippen molar-refractivity contribution in [3.05, 3.63) is 88.5 Å². The third-order valence-electron chi connectivity index (χ3n) is 7.13. The number of fused-ring (bicyclic) bond motifs is 2. The van der Waals surface area contributed by atoms with Crippen LogP contribution in [0.3, 0.4) is 0 Å². The predicted octanol–water partition coefficient (Wildman–Crippen LogP) is 5.80. The van der Waals surface area contributed by atoms with E-state index >= 15 is 0 Å². The van der Waals surface area contributed by atoms with Crippen LogP contribution in [0.15, 0.2) is 60.7 Å². The minimum Gasteiger partial charge on any atom is -0.508 e. The molecule has 1 heterocycles. The van der Waals surface area contributed by atoms with Gasteiger partial charge in [0, 0.05) is 17.0 Å². The molecule has 1 aliphatic rings. The van der Waals surface area contributed by atoms with Crippen LogP contribution in [0.5, 0.6) is 51.7 Å².